The van der Waals surface area contributed by atoms with E-state index in [0.29, 0.717) is 23.4 Å². The van der Waals surface area contributed by atoms with E-state index in [1.54, 1.807) is 19.2 Å². The number of urea groups is 1. The number of aryl methyl sites for hydroxylation is 1. The minimum absolute atomic E-state index is 0.151. The van der Waals surface area contributed by atoms with E-state index in [1.165, 1.54) is 9.80 Å². The van der Waals surface area contributed by atoms with Crippen LogP contribution in [0.5, 0.6) is 0 Å². The molecule has 0 bridgehead atoms. The number of halogens is 1. The smallest absolute Gasteiger partial charge is 0.375 e. The molecule has 2 saturated heterocycles. The van der Waals surface area contributed by atoms with E-state index in [2.05, 4.69) is 4.57 Å². The van der Waals surface area contributed by atoms with Gasteiger partial charge < -0.3 is 4.74 Å². The van der Waals surface area contributed by atoms with E-state index in [9.17, 15) is 9.59 Å². The summed E-state index contributed by atoms with van der Waals surface area (Å²) in [7, 11) is 1.66. The molecule has 5 rings (SSSR count). The topological polar surface area (TPSA) is 71.0 Å². The molecule has 156 valence electrons. The lowest BCUT2D eigenvalue weighted by molar-refractivity contribution is -0.677. The quantitative estimate of drug-likeness (QED) is 0.703. The summed E-state index contributed by atoms with van der Waals surface area (Å²) >= 11 is 6.07. The molecule has 2 atom stereocenters. The number of amidine groups is 1. The van der Waals surface area contributed by atoms with Gasteiger partial charge in [0.1, 0.15) is 11.9 Å². The Morgan fingerprint density at radius 1 is 1.33 bits per heavy atom. The van der Waals surface area contributed by atoms with Crippen molar-refractivity contribution in [1.82, 2.24) is 14.4 Å². The highest BCUT2D eigenvalue weighted by molar-refractivity contribution is 6.30. The number of rotatable bonds is 4. The third kappa shape index (κ3) is 3.02. The average Bonchev–Trinajstić information content (AvgIpc) is 3.42. The van der Waals surface area contributed by atoms with Gasteiger partial charge in [-0.2, -0.15) is 0 Å². The van der Waals surface area contributed by atoms with E-state index in [-0.39, 0.29) is 24.6 Å². The van der Waals surface area contributed by atoms with E-state index < -0.39 is 6.04 Å². The Labute approximate surface area is 179 Å². The summed E-state index contributed by atoms with van der Waals surface area (Å²) < 4.78 is 9.73. The molecular formula is C21H23ClN5O3+. The number of aromatic nitrogens is 2. The number of hydrogen-bond acceptors (Lipinski definition) is 4. The van der Waals surface area contributed by atoms with E-state index >= 15 is 0 Å². The number of ether oxygens (including phenoxy) is 1. The number of hydrogen-bond donors (Lipinski definition) is 0. The van der Waals surface area contributed by atoms with Crippen molar-refractivity contribution in [3.8, 4) is 0 Å². The van der Waals surface area contributed by atoms with Gasteiger partial charge in [-0.3, -0.25) is 14.6 Å². The molecule has 8 nitrogen and oxygen atoms in total. The molecule has 0 saturated carbocycles. The van der Waals surface area contributed by atoms with Crippen LogP contribution >= 0.6 is 11.6 Å². The highest BCUT2D eigenvalue weighted by atomic mass is 35.5. The van der Waals surface area contributed by atoms with Crippen molar-refractivity contribution in [2.24, 2.45) is 4.99 Å². The summed E-state index contributed by atoms with van der Waals surface area (Å²) in [5.41, 5.74) is 1.81. The van der Waals surface area contributed by atoms with Crippen molar-refractivity contribution >= 4 is 35.3 Å². The monoisotopic (exact) mass is 428 g/mol. The van der Waals surface area contributed by atoms with Gasteiger partial charge in [0.25, 0.3) is 5.91 Å². The predicted octanol–water partition coefficient (Wildman–Crippen LogP) is 2.60. The van der Waals surface area contributed by atoms with E-state index in [0.717, 1.165) is 30.7 Å². The van der Waals surface area contributed by atoms with Crippen LogP contribution in [0.1, 0.15) is 30.1 Å². The maximum atomic E-state index is 13.4. The molecule has 30 heavy (non-hydrogen) atoms. The fourth-order valence-electron chi connectivity index (χ4n) is 4.41. The minimum atomic E-state index is -0.647. The maximum Gasteiger partial charge on any atom is 0.402 e. The number of nitrogens with zero attached hydrogens (tertiary/aromatic N) is 5. The Morgan fingerprint density at radius 2 is 2.17 bits per heavy atom. The van der Waals surface area contributed by atoms with Crippen molar-refractivity contribution < 1.29 is 18.9 Å². The molecule has 9 heteroatoms. The first-order valence-electron chi connectivity index (χ1n) is 10.1. The molecule has 2 unspecified atom stereocenters. The SMILES string of the molecule is Cc1c[n+]2c(n1CC1CCCO1)N=C1C2C(=O)N(Cc2cccc(Cl)c2)C(=O)N1C. The number of imide groups is 1. The zero-order valence-electron chi connectivity index (χ0n) is 16.9. The number of benzene rings is 1. The Morgan fingerprint density at radius 3 is 2.90 bits per heavy atom. The van der Waals surface area contributed by atoms with Crippen LogP contribution in [0.3, 0.4) is 0 Å². The van der Waals surface area contributed by atoms with Crippen LogP contribution in [0.25, 0.3) is 0 Å². The molecule has 0 spiro atoms. The molecule has 3 amide bonds. The van der Waals surface area contributed by atoms with Crippen molar-refractivity contribution in [2.45, 2.75) is 45.0 Å². The Hall–Kier alpha value is -2.71. The zero-order valence-corrected chi connectivity index (χ0v) is 17.7. The fourth-order valence-corrected chi connectivity index (χ4v) is 4.62. The molecule has 1 aromatic heterocycles. The van der Waals surface area contributed by atoms with Gasteiger partial charge >= 0.3 is 12.0 Å². The first-order chi connectivity index (χ1) is 14.4. The van der Waals surface area contributed by atoms with Crippen LogP contribution in [0, 0.1) is 6.92 Å². The fraction of sp³-hybridized carbons (Fsp3) is 0.429. The zero-order chi connectivity index (χ0) is 21.0. The summed E-state index contributed by atoms with van der Waals surface area (Å²) in [6, 6.07) is 6.16. The van der Waals surface area contributed by atoms with Gasteiger partial charge in [0.15, 0.2) is 0 Å². The van der Waals surface area contributed by atoms with Gasteiger partial charge in [-0.05, 0) is 37.5 Å². The Kier molecular flexibility index (Phi) is 4.63. The van der Waals surface area contributed by atoms with Gasteiger partial charge in [-0.25, -0.2) is 13.9 Å². The van der Waals surface area contributed by atoms with Crippen LogP contribution in [-0.4, -0.2) is 51.9 Å². The second kappa shape index (κ2) is 7.21. The summed E-state index contributed by atoms with van der Waals surface area (Å²) in [6.07, 6.45) is 4.16. The van der Waals surface area contributed by atoms with Gasteiger partial charge in [0.2, 0.25) is 11.9 Å². The van der Waals surface area contributed by atoms with Crippen molar-refractivity contribution in [1.29, 1.82) is 0 Å². The lowest BCUT2D eigenvalue weighted by Crippen LogP contribution is -2.62. The summed E-state index contributed by atoms with van der Waals surface area (Å²) in [5, 5.41) is 0.569. The molecule has 3 aliphatic rings. The molecule has 1 aromatic carbocycles. The number of likely N-dealkylation sites (N-methyl/N-ethyl adjacent to an activating group) is 1. The number of amides is 3. The minimum Gasteiger partial charge on any atom is -0.375 e. The highest BCUT2D eigenvalue weighted by Crippen LogP contribution is 2.31. The first-order valence-corrected chi connectivity index (χ1v) is 10.5. The lowest BCUT2D eigenvalue weighted by atomic mass is 10.1. The Balaban J connectivity index is 1.48. The van der Waals surface area contributed by atoms with Crippen LogP contribution in [-0.2, 0) is 22.6 Å². The third-order valence-corrected chi connectivity index (χ3v) is 6.20. The number of carbonyl (C=O) groups is 2. The second-order valence-corrected chi connectivity index (χ2v) is 8.43. The van der Waals surface area contributed by atoms with E-state index in [1.807, 2.05) is 29.8 Å². The standard InChI is InChI=1S/C21H23ClN5O3/c1-13-10-26-17-18(23-20(26)25(13)12-16-7-4-8-30-16)24(2)21(29)27(19(17)28)11-14-5-3-6-15(22)9-14/h3,5-6,9-10,16-17H,4,7-8,11-12H2,1-2H3/q+1. The predicted molar refractivity (Wildman–Crippen MR) is 110 cm³/mol. The first kappa shape index (κ1) is 19.3. The molecule has 3 aliphatic heterocycles. The number of imidazole rings is 1. The van der Waals surface area contributed by atoms with Crippen molar-refractivity contribution in [2.75, 3.05) is 13.7 Å². The second-order valence-electron chi connectivity index (χ2n) is 7.99. The van der Waals surface area contributed by atoms with Gasteiger partial charge in [-0.15, -0.1) is 0 Å². The molecule has 4 heterocycles. The van der Waals surface area contributed by atoms with Gasteiger partial charge in [0.05, 0.1) is 19.2 Å². The summed E-state index contributed by atoms with van der Waals surface area (Å²) in [4.78, 5) is 33.8. The summed E-state index contributed by atoms with van der Waals surface area (Å²) in [6.45, 7) is 3.64. The van der Waals surface area contributed by atoms with Gasteiger partial charge in [-0.1, -0.05) is 28.7 Å². The van der Waals surface area contributed by atoms with Crippen LogP contribution in [0.2, 0.25) is 5.02 Å². The third-order valence-electron chi connectivity index (χ3n) is 5.96. The normalized spacial score (nSPS) is 23.1. The Bertz CT molecular complexity index is 1070. The summed E-state index contributed by atoms with van der Waals surface area (Å²) in [5.74, 6) is 0.860. The number of aliphatic imine (C=N–C) groups is 1. The van der Waals surface area contributed by atoms with E-state index in [4.69, 9.17) is 21.3 Å². The molecule has 2 aromatic rings. The van der Waals surface area contributed by atoms with Crippen molar-refractivity contribution in [3.63, 3.8) is 0 Å². The number of carbonyl (C=O) groups excluding carboxylic acids is 2. The molecule has 2 fully saturated rings. The van der Waals surface area contributed by atoms with Crippen LogP contribution < -0.4 is 4.57 Å². The highest BCUT2D eigenvalue weighted by Gasteiger charge is 2.53. The van der Waals surface area contributed by atoms with Crippen LogP contribution in [0.15, 0.2) is 35.5 Å². The average molecular weight is 429 g/mol. The number of fused-ring (bicyclic) bond motifs is 3. The van der Waals surface area contributed by atoms with Crippen LogP contribution in [0.4, 0.5) is 10.7 Å². The molecule has 0 radical (unpaired) electrons. The molecule has 0 N–H and O–H groups in total. The van der Waals surface area contributed by atoms with Gasteiger partial charge in [0, 0.05) is 18.7 Å². The molecule has 0 aliphatic carbocycles. The molecular weight excluding hydrogens is 406 g/mol. The maximum absolute atomic E-state index is 13.4. The van der Waals surface area contributed by atoms with Crippen molar-refractivity contribution in [3.05, 3.63) is 46.7 Å². The largest absolute Gasteiger partial charge is 0.402 e. The lowest BCUT2D eigenvalue weighted by Gasteiger charge is -2.33.